The van der Waals surface area contributed by atoms with Crippen LogP contribution < -0.4 is 59.1 Å². The molecule has 0 unspecified atom stereocenters. The average Bonchev–Trinajstić information content (AvgIpc) is 3.13. The van der Waals surface area contributed by atoms with E-state index >= 15 is 0 Å². The number of aromatic nitrogens is 2. The van der Waals surface area contributed by atoms with E-state index in [0.29, 0.717) is 10.9 Å². The Labute approximate surface area is 215 Å². The third kappa shape index (κ3) is 5.33. The Morgan fingerprint density at radius 1 is 0.967 bits per heavy atom. The first-order chi connectivity index (χ1) is 13.3. The summed E-state index contributed by atoms with van der Waals surface area (Å²) in [4.78, 5) is 21.6. The Morgan fingerprint density at radius 2 is 1.60 bits per heavy atom. The van der Waals surface area contributed by atoms with Crippen LogP contribution in [0.4, 0.5) is 0 Å². The maximum Gasteiger partial charge on any atom is 1.00 e. The molecule has 0 fully saturated rings. The van der Waals surface area contributed by atoms with E-state index in [2.05, 4.69) is 9.97 Å². The first-order valence-corrected chi connectivity index (χ1v) is 9.82. The first-order valence-electron chi connectivity index (χ1n) is 7.34. The van der Waals surface area contributed by atoms with Crippen LogP contribution in [0.15, 0.2) is 63.0 Å². The first kappa shape index (κ1) is 26.8. The van der Waals surface area contributed by atoms with Gasteiger partial charge in [0.2, 0.25) is 5.89 Å². The van der Waals surface area contributed by atoms with E-state index in [0.717, 1.165) is 6.07 Å². The second-order valence-corrected chi connectivity index (χ2v) is 7.67. The van der Waals surface area contributed by atoms with E-state index in [1.807, 2.05) is 0 Å². The third-order valence-electron chi connectivity index (χ3n) is 3.80. The summed E-state index contributed by atoms with van der Waals surface area (Å²) in [6.45, 7) is 0. The molecule has 4 aromatic rings. The van der Waals surface area contributed by atoms with Crippen molar-refractivity contribution in [3.8, 4) is 11.5 Å². The van der Waals surface area contributed by atoms with Crippen molar-refractivity contribution in [2.45, 2.75) is 9.79 Å². The summed E-state index contributed by atoms with van der Waals surface area (Å²) in [6, 6.07) is 8.46. The van der Waals surface area contributed by atoms with Gasteiger partial charge in [0.25, 0.3) is 0 Å². The van der Waals surface area contributed by atoms with Gasteiger partial charge in [-0.2, -0.15) is 0 Å². The molecule has 10 nitrogen and oxygen atoms in total. The molecular formula is C16H8N2Na2O8S2. The van der Waals surface area contributed by atoms with Crippen LogP contribution in [0, 0.1) is 9.93 Å². The summed E-state index contributed by atoms with van der Waals surface area (Å²) < 4.78 is 62.9. The quantitative estimate of drug-likeness (QED) is 0.170. The molecule has 0 spiro atoms. The summed E-state index contributed by atoms with van der Waals surface area (Å²) >= 11 is 0. The normalized spacial score (nSPS) is 10.7. The molecule has 0 aliphatic carbocycles. The van der Waals surface area contributed by atoms with Crippen LogP contribution in [-0.4, -0.2) is 22.9 Å². The molecule has 0 saturated carbocycles. The van der Waals surface area contributed by atoms with Crippen molar-refractivity contribution in [2.75, 3.05) is 0 Å². The fourth-order valence-electron chi connectivity index (χ4n) is 2.66. The van der Waals surface area contributed by atoms with Gasteiger partial charge in [-0.3, -0.25) is 4.98 Å². The monoisotopic (exact) mass is 466 g/mol. The SMILES string of the molecule is O=O.O=[S-](=O)c1ccc2c(c1)cc(S(=O)(=O)[O-])c1oc(-c3ccncc3)nc12.[Na+].[Na+]. The Hall–Kier alpha value is -1.22. The maximum absolute atomic E-state index is 11.7. The van der Waals surface area contributed by atoms with Crippen LogP contribution in [0.2, 0.25) is 0 Å². The summed E-state index contributed by atoms with van der Waals surface area (Å²) in [7, 11) is -7.37. The standard InChI is InChI=1S/C16H9N2O6S2.2Na.O2/c19-25(20)11-1-2-12-10(7-11)8-13(26(21,22)23)15-14(12)18-16(24-15)9-3-5-17-6-4-9;;;1-2/h1-8H,(H,21,22,23);;;/q-1;2*+1;/p-1. The maximum atomic E-state index is 11.7. The molecule has 0 saturated heterocycles. The Balaban J connectivity index is 0.00000109. The number of oxazole rings is 1. The van der Waals surface area contributed by atoms with Gasteiger partial charge in [0.05, 0.1) is 4.90 Å². The van der Waals surface area contributed by atoms with Gasteiger partial charge in [-0.1, -0.05) is 23.1 Å². The van der Waals surface area contributed by atoms with Gasteiger partial charge in [0.15, 0.2) is 5.58 Å². The van der Waals surface area contributed by atoms with Crippen molar-refractivity contribution in [3.05, 3.63) is 58.7 Å². The van der Waals surface area contributed by atoms with E-state index < -0.39 is 25.7 Å². The minimum Gasteiger partial charge on any atom is -0.744 e. The number of rotatable bonds is 3. The fourth-order valence-corrected chi connectivity index (χ4v) is 3.70. The molecule has 0 aliphatic rings. The van der Waals surface area contributed by atoms with Crippen LogP contribution in [0.25, 0.3) is 33.3 Å². The van der Waals surface area contributed by atoms with Gasteiger partial charge in [-0.15, -0.1) is 0 Å². The van der Waals surface area contributed by atoms with E-state index in [4.69, 9.17) is 14.3 Å². The van der Waals surface area contributed by atoms with Crippen LogP contribution in [0.3, 0.4) is 0 Å². The predicted molar refractivity (Wildman–Crippen MR) is 96.4 cm³/mol. The molecule has 0 amide bonds. The smallest absolute Gasteiger partial charge is 0.744 e. The number of nitrogens with zero attached hydrogens (tertiary/aromatic N) is 2. The number of fused-ring (bicyclic) bond motifs is 3. The van der Waals surface area contributed by atoms with Crippen molar-refractivity contribution in [2.24, 2.45) is 0 Å². The number of benzene rings is 2. The molecule has 14 heteroatoms. The fraction of sp³-hybridized carbons (Fsp3) is 0. The van der Waals surface area contributed by atoms with Crippen LogP contribution in [-0.2, 0) is 29.2 Å². The largest absolute Gasteiger partial charge is 1.00 e. The molecule has 0 bridgehead atoms. The van der Waals surface area contributed by atoms with Gasteiger partial charge in [-0.05, 0) is 34.3 Å². The van der Waals surface area contributed by atoms with Crippen LogP contribution >= 0.6 is 0 Å². The number of hydrogen-bond acceptors (Lipinski definition) is 11. The molecule has 144 valence electrons. The zero-order valence-electron chi connectivity index (χ0n) is 15.6. The Morgan fingerprint density at radius 3 is 2.17 bits per heavy atom. The zero-order valence-corrected chi connectivity index (χ0v) is 21.2. The van der Waals surface area contributed by atoms with Crippen molar-refractivity contribution in [1.82, 2.24) is 9.97 Å². The van der Waals surface area contributed by atoms with Crippen molar-refractivity contribution in [1.29, 1.82) is 0 Å². The molecule has 2 aromatic carbocycles. The van der Waals surface area contributed by atoms with E-state index in [1.54, 1.807) is 12.1 Å². The summed E-state index contributed by atoms with van der Waals surface area (Å²) in [5.74, 6) is 0.122. The molecule has 0 atom stereocenters. The summed E-state index contributed by atoms with van der Waals surface area (Å²) in [6.07, 6.45) is 3.03. The molecular weight excluding hydrogens is 458 g/mol. The molecule has 0 radical (unpaired) electrons. The van der Waals surface area contributed by atoms with E-state index in [-0.39, 0.29) is 86.4 Å². The average molecular weight is 466 g/mol. The second kappa shape index (κ2) is 10.9. The molecule has 0 aliphatic heterocycles. The third-order valence-corrected chi connectivity index (χ3v) is 5.29. The number of pyridine rings is 1. The molecule has 0 N–H and O–H groups in total. The molecule has 30 heavy (non-hydrogen) atoms. The van der Waals surface area contributed by atoms with Gasteiger partial charge in [-0.25, -0.2) is 13.4 Å². The summed E-state index contributed by atoms with van der Waals surface area (Å²) in [5.41, 5.74) is 0.540. The minimum absolute atomic E-state index is 0. The molecule has 2 heterocycles. The van der Waals surface area contributed by atoms with Crippen LogP contribution in [0.5, 0.6) is 0 Å². The van der Waals surface area contributed by atoms with Gasteiger partial charge >= 0.3 is 59.1 Å². The molecule has 2 aromatic heterocycles. The van der Waals surface area contributed by atoms with Crippen molar-refractivity contribution in [3.63, 3.8) is 0 Å². The minimum atomic E-state index is -4.87. The predicted octanol–water partition coefficient (Wildman–Crippen LogP) is -3.31. The van der Waals surface area contributed by atoms with Gasteiger partial charge < -0.3 is 17.4 Å². The Kier molecular flexibility index (Phi) is 9.73. The van der Waals surface area contributed by atoms with Crippen molar-refractivity contribution < 1.29 is 84.9 Å². The zero-order chi connectivity index (χ0) is 20.5. The van der Waals surface area contributed by atoms with E-state index in [1.165, 1.54) is 30.6 Å². The molecule has 4 rings (SSSR count). The van der Waals surface area contributed by atoms with Gasteiger partial charge in [0, 0.05) is 33.3 Å². The van der Waals surface area contributed by atoms with Gasteiger partial charge in [0.1, 0.15) is 15.6 Å². The summed E-state index contributed by atoms with van der Waals surface area (Å²) in [5, 5.41) is 0.717. The topological polar surface area (TPSA) is 164 Å². The second-order valence-electron chi connectivity index (χ2n) is 5.38. The van der Waals surface area contributed by atoms with E-state index in [9.17, 15) is 21.4 Å². The Bertz CT molecular complexity index is 1360. The van der Waals surface area contributed by atoms with Crippen LogP contribution in [0.1, 0.15) is 0 Å². The number of hydrogen-bond donors (Lipinski definition) is 0. The van der Waals surface area contributed by atoms with Crippen molar-refractivity contribution >= 4 is 42.7 Å².